The zero-order valence-electron chi connectivity index (χ0n) is 14.5. The Morgan fingerprint density at radius 1 is 1.17 bits per heavy atom. The van der Waals surface area contributed by atoms with Crippen molar-refractivity contribution in [3.8, 4) is 0 Å². The summed E-state index contributed by atoms with van der Waals surface area (Å²) in [6, 6.07) is 6.91. The van der Waals surface area contributed by atoms with Crippen LogP contribution in [0.5, 0.6) is 0 Å². The quantitative estimate of drug-likeness (QED) is 0.754. The molecule has 1 aliphatic carbocycles. The molecule has 3 amide bonds. The van der Waals surface area contributed by atoms with Gasteiger partial charge in [-0.1, -0.05) is 19.4 Å². The highest BCUT2D eigenvalue weighted by atomic mass is 16.2. The van der Waals surface area contributed by atoms with Crippen molar-refractivity contribution in [2.75, 3.05) is 24.2 Å². The van der Waals surface area contributed by atoms with Gasteiger partial charge >= 0.3 is 0 Å². The molecule has 1 fully saturated rings. The van der Waals surface area contributed by atoms with E-state index in [1.54, 1.807) is 36.2 Å². The van der Waals surface area contributed by atoms with Crippen LogP contribution in [0.4, 0.5) is 11.4 Å². The highest BCUT2D eigenvalue weighted by molar-refractivity contribution is 6.13. The lowest BCUT2D eigenvalue weighted by atomic mass is 10.0. The summed E-state index contributed by atoms with van der Waals surface area (Å²) in [5.41, 5.74) is 0.255. The Hall–Kier alpha value is -2.37. The second-order valence-corrected chi connectivity index (χ2v) is 6.38. The van der Waals surface area contributed by atoms with Gasteiger partial charge in [0.15, 0.2) is 0 Å². The van der Waals surface area contributed by atoms with Crippen molar-refractivity contribution in [3.63, 3.8) is 0 Å². The first kappa shape index (κ1) is 18.0. The predicted molar refractivity (Wildman–Crippen MR) is 93.6 cm³/mol. The molecule has 1 aromatic rings. The first-order valence-electron chi connectivity index (χ1n) is 8.34. The van der Waals surface area contributed by atoms with E-state index in [1.165, 1.54) is 6.92 Å². The summed E-state index contributed by atoms with van der Waals surface area (Å²) in [5.74, 6) is -0.549. The summed E-state index contributed by atoms with van der Waals surface area (Å²) in [5, 5.41) is 5.48. The molecule has 1 aliphatic rings. The molecule has 0 saturated heterocycles. The number of hydrogen-bond acceptors (Lipinski definition) is 3. The number of nitrogens with one attached hydrogen (secondary N) is 2. The largest absolute Gasteiger partial charge is 0.345 e. The van der Waals surface area contributed by atoms with Crippen LogP contribution in [0, 0.1) is 5.41 Å². The van der Waals surface area contributed by atoms with Crippen molar-refractivity contribution in [2.45, 2.75) is 39.5 Å². The monoisotopic (exact) mass is 331 g/mol. The molecule has 1 saturated carbocycles. The Morgan fingerprint density at radius 2 is 1.79 bits per heavy atom. The minimum Gasteiger partial charge on any atom is -0.345 e. The lowest BCUT2D eigenvalue weighted by Gasteiger charge is -2.23. The number of nitrogens with zero attached hydrogens (tertiary/aromatic N) is 1. The maximum Gasteiger partial charge on any atom is 0.240 e. The highest BCUT2D eigenvalue weighted by Gasteiger charge is 2.57. The standard InChI is InChI=1S/C18H25N3O3/c1-4-5-11-21(3)17(24)18(9-10-18)16(23)20-15-8-6-7-14(12-15)19-13(2)22/h6-8,12H,4-5,9-11H2,1-3H3,(H,19,22)(H,20,23). The van der Waals surface area contributed by atoms with Gasteiger partial charge in [-0.2, -0.15) is 0 Å². The van der Waals surface area contributed by atoms with Crippen LogP contribution in [0.2, 0.25) is 0 Å². The molecule has 0 heterocycles. The average molecular weight is 331 g/mol. The Bertz CT molecular complexity index is 638. The minimum absolute atomic E-state index is 0.105. The van der Waals surface area contributed by atoms with Gasteiger partial charge in [0, 0.05) is 31.9 Å². The van der Waals surface area contributed by atoms with E-state index in [1.807, 2.05) is 0 Å². The van der Waals surface area contributed by atoms with Crippen molar-refractivity contribution in [2.24, 2.45) is 5.41 Å². The van der Waals surface area contributed by atoms with Gasteiger partial charge in [0.1, 0.15) is 5.41 Å². The molecule has 0 bridgehead atoms. The summed E-state index contributed by atoms with van der Waals surface area (Å²) in [4.78, 5) is 38.0. The fraction of sp³-hybridized carbons (Fsp3) is 0.500. The number of carbonyl (C=O) groups is 3. The summed E-state index contributed by atoms with van der Waals surface area (Å²) >= 11 is 0. The van der Waals surface area contributed by atoms with Crippen LogP contribution in [-0.4, -0.2) is 36.2 Å². The van der Waals surface area contributed by atoms with Gasteiger partial charge in [-0.15, -0.1) is 0 Å². The molecule has 0 aliphatic heterocycles. The van der Waals surface area contributed by atoms with E-state index >= 15 is 0 Å². The highest BCUT2D eigenvalue weighted by Crippen LogP contribution is 2.48. The number of hydrogen-bond donors (Lipinski definition) is 2. The molecule has 0 spiro atoms. The minimum atomic E-state index is -0.924. The fourth-order valence-electron chi connectivity index (χ4n) is 2.65. The van der Waals surface area contributed by atoms with Gasteiger partial charge in [0.2, 0.25) is 17.7 Å². The van der Waals surface area contributed by atoms with Crippen molar-refractivity contribution >= 4 is 29.1 Å². The lowest BCUT2D eigenvalue weighted by molar-refractivity contribution is -0.141. The van der Waals surface area contributed by atoms with Crippen molar-refractivity contribution in [1.82, 2.24) is 4.90 Å². The third-order valence-corrected chi connectivity index (χ3v) is 4.23. The molecular weight excluding hydrogens is 306 g/mol. The van der Waals surface area contributed by atoms with Crippen molar-refractivity contribution in [3.05, 3.63) is 24.3 Å². The summed E-state index contributed by atoms with van der Waals surface area (Å²) in [7, 11) is 1.75. The molecule has 2 rings (SSSR count). The first-order valence-corrected chi connectivity index (χ1v) is 8.34. The molecule has 6 nitrogen and oxygen atoms in total. The van der Waals surface area contributed by atoms with E-state index in [4.69, 9.17) is 0 Å². The van der Waals surface area contributed by atoms with Crippen molar-refractivity contribution in [1.29, 1.82) is 0 Å². The third kappa shape index (κ3) is 4.13. The van der Waals surface area contributed by atoms with Crippen LogP contribution in [0.25, 0.3) is 0 Å². The Morgan fingerprint density at radius 3 is 2.33 bits per heavy atom. The Kier molecular flexibility index (Phi) is 5.59. The fourth-order valence-corrected chi connectivity index (χ4v) is 2.65. The lowest BCUT2D eigenvalue weighted by Crippen LogP contribution is -2.41. The van der Waals surface area contributed by atoms with Gasteiger partial charge in [-0.3, -0.25) is 14.4 Å². The predicted octanol–water partition coefficient (Wildman–Crippen LogP) is 2.62. The normalized spacial score (nSPS) is 14.6. The average Bonchev–Trinajstić information content (AvgIpc) is 3.33. The SMILES string of the molecule is CCCCN(C)C(=O)C1(C(=O)Nc2cccc(NC(C)=O)c2)CC1. The van der Waals surface area contributed by atoms with E-state index in [-0.39, 0.29) is 17.7 Å². The maximum absolute atomic E-state index is 12.6. The zero-order valence-corrected chi connectivity index (χ0v) is 14.5. The maximum atomic E-state index is 12.6. The molecular formula is C18H25N3O3. The molecule has 0 radical (unpaired) electrons. The second-order valence-electron chi connectivity index (χ2n) is 6.38. The van der Waals surface area contributed by atoms with Gasteiger partial charge in [0.25, 0.3) is 0 Å². The molecule has 1 aromatic carbocycles. The number of benzene rings is 1. The number of anilines is 2. The summed E-state index contributed by atoms with van der Waals surface area (Å²) in [6.07, 6.45) is 3.10. The van der Waals surface area contributed by atoms with Gasteiger partial charge in [-0.05, 0) is 37.5 Å². The molecule has 2 N–H and O–H groups in total. The summed E-state index contributed by atoms with van der Waals surface area (Å²) in [6.45, 7) is 4.16. The third-order valence-electron chi connectivity index (χ3n) is 4.23. The Balaban J connectivity index is 2.04. The van der Waals surface area contributed by atoms with Crippen LogP contribution >= 0.6 is 0 Å². The van der Waals surface area contributed by atoms with E-state index in [0.717, 1.165) is 12.8 Å². The van der Waals surface area contributed by atoms with Gasteiger partial charge < -0.3 is 15.5 Å². The second kappa shape index (κ2) is 7.47. The van der Waals surface area contributed by atoms with Crippen LogP contribution in [-0.2, 0) is 14.4 Å². The molecule has 6 heteroatoms. The van der Waals surface area contributed by atoms with Gasteiger partial charge in [0.05, 0.1) is 0 Å². The van der Waals surface area contributed by atoms with Crippen molar-refractivity contribution < 1.29 is 14.4 Å². The number of unbranched alkanes of at least 4 members (excludes halogenated alkanes) is 1. The van der Waals surface area contributed by atoms with E-state index < -0.39 is 5.41 Å². The topological polar surface area (TPSA) is 78.5 Å². The smallest absolute Gasteiger partial charge is 0.240 e. The van der Waals surface area contributed by atoms with Crippen LogP contribution in [0.1, 0.15) is 39.5 Å². The van der Waals surface area contributed by atoms with Crippen LogP contribution < -0.4 is 10.6 Å². The molecule has 130 valence electrons. The van der Waals surface area contributed by atoms with Crippen LogP contribution in [0.15, 0.2) is 24.3 Å². The van der Waals surface area contributed by atoms with Crippen LogP contribution in [0.3, 0.4) is 0 Å². The van der Waals surface area contributed by atoms with E-state index in [2.05, 4.69) is 17.6 Å². The summed E-state index contributed by atoms with van der Waals surface area (Å²) < 4.78 is 0. The van der Waals surface area contributed by atoms with E-state index in [9.17, 15) is 14.4 Å². The first-order chi connectivity index (χ1) is 11.4. The zero-order chi connectivity index (χ0) is 17.7. The number of rotatable bonds is 7. The van der Waals surface area contributed by atoms with E-state index in [0.29, 0.717) is 30.8 Å². The molecule has 24 heavy (non-hydrogen) atoms. The number of amides is 3. The molecule has 0 atom stereocenters. The molecule has 0 unspecified atom stereocenters. The molecule has 0 aromatic heterocycles. The Labute approximate surface area is 142 Å². The number of carbonyl (C=O) groups excluding carboxylic acids is 3. The van der Waals surface area contributed by atoms with Gasteiger partial charge in [-0.25, -0.2) is 0 Å².